The number of hydrogen-bond donors (Lipinski definition) is 2. The maximum atomic E-state index is 9.93. The maximum absolute atomic E-state index is 9.93. The minimum absolute atomic E-state index is 0.0167. The molecule has 0 saturated carbocycles. The van der Waals surface area contributed by atoms with Crippen LogP contribution in [0.5, 0.6) is 0 Å². The zero-order valence-corrected chi connectivity index (χ0v) is 19.8. The van der Waals surface area contributed by atoms with Gasteiger partial charge in [0.15, 0.2) is 0 Å². The van der Waals surface area contributed by atoms with E-state index in [9.17, 15) is 10.2 Å². The average molecular weight is 431 g/mol. The van der Waals surface area contributed by atoms with Crippen LogP contribution in [0, 0.1) is 0 Å². The molecule has 3 aromatic carbocycles. The van der Waals surface area contributed by atoms with Crippen LogP contribution in [0.1, 0.15) is 0 Å². The smallest absolute Gasteiger partial charge is 0.143 e. The van der Waals surface area contributed by atoms with Crippen molar-refractivity contribution < 1.29 is 10.2 Å². The number of aliphatic hydroxyl groups excluding tert-OH is 2. The summed E-state index contributed by atoms with van der Waals surface area (Å²) in [6.07, 6.45) is 0. The Hall–Kier alpha value is -2.51. The van der Waals surface area contributed by atoms with Crippen molar-refractivity contribution in [2.75, 3.05) is 13.2 Å². The van der Waals surface area contributed by atoms with Gasteiger partial charge in [-0.25, -0.2) is 0 Å². The Labute approximate surface area is 181 Å². The summed E-state index contributed by atoms with van der Waals surface area (Å²) in [6, 6.07) is 29.5. The van der Waals surface area contributed by atoms with E-state index >= 15 is 0 Å². The van der Waals surface area contributed by atoms with Gasteiger partial charge in [0.1, 0.15) is 16.1 Å². The normalized spacial score (nSPS) is 15.1. The third-order valence-electron chi connectivity index (χ3n) is 6.54. The highest BCUT2D eigenvalue weighted by Crippen LogP contribution is 2.17. The van der Waals surface area contributed by atoms with Crippen LogP contribution in [0.2, 0.25) is 13.1 Å². The quantitative estimate of drug-likeness (QED) is 0.538. The van der Waals surface area contributed by atoms with Gasteiger partial charge in [-0.15, -0.1) is 13.2 Å². The van der Waals surface area contributed by atoms with Gasteiger partial charge in [-0.1, -0.05) is 108 Å². The van der Waals surface area contributed by atoms with E-state index in [1.807, 2.05) is 36.4 Å². The van der Waals surface area contributed by atoms with Crippen molar-refractivity contribution in [2.45, 2.75) is 13.1 Å². The van der Waals surface area contributed by atoms with E-state index in [4.69, 9.17) is 0 Å². The van der Waals surface area contributed by atoms with Gasteiger partial charge in [0, 0.05) is 0 Å². The van der Waals surface area contributed by atoms with E-state index in [1.54, 1.807) is 0 Å². The topological polar surface area (TPSA) is 40.5 Å². The lowest BCUT2D eigenvalue weighted by molar-refractivity contribution is 0.338. The number of benzene rings is 3. The molecule has 0 aliphatic carbocycles. The number of rotatable bonds is 8. The van der Waals surface area contributed by atoms with Crippen LogP contribution < -0.4 is 20.7 Å². The first-order valence-electron chi connectivity index (χ1n) is 10.2. The van der Waals surface area contributed by atoms with Gasteiger partial charge in [-0.05, 0) is 20.7 Å². The summed E-state index contributed by atoms with van der Waals surface area (Å²) < 4.78 is 0. The molecule has 0 spiro atoms. The molecule has 0 saturated heterocycles. The van der Waals surface area contributed by atoms with Crippen molar-refractivity contribution in [3.05, 3.63) is 108 Å². The van der Waals surface area contributed by atoms with Crippen LogP contribution in [0.15, 0.2) is 108 Å². The van der Waals surface area contributed by atoms with Crippen LogP contribution in [0.4, 0.5) is 0 Å². The third-order valence-corrected chi connectivity index (χ3v) is 15.6. The summed E-state index contributed by atoms with van der Waals surface area (Å²) in [7, 11) is -4.61. The van der Waals surface area contributed by atoms with Crippen molar-refractivity contribution >= 4 is 36.9 Å². The second-order valence-corrected chi connectivity index (χ2v) is 16.3. The van der Waals surface area contributed by atoms with E-state index in [0.29, 0.717) is 0 Å². The predicted molar refractivity (Wildman–Crippen MR) is 134 cm³/mol. The summed E-state index contributed by atoms with van der Waals surface area (Å²) in [5, 5.41) is 26.6. The Morgan fingerprint density at radius 2 is 0.833 bits per heavy atom. The van der Waals surface area contributed by atoms with Crippen molar-refractivity contribution in [3.8, 4) is 0 Å². The molecule has 154 valence electrons. The first-order chi connectivity index (χ1) is 14.4. The van der Waals surface area contributed by atoms with Gasteiger partial charge in [0.25, 0.3) is 0 Å². The van der Waals surface area contributed by atoms with Crippen LogP contribution in [0.3, 0.4) is 0 Å². The molecular weight excluding hydrogens is 400 g/mol. The van der Waals surface area contributed by atoms with Gasteiger partial charge in [-0.3, -0.25) is 0 Å². The molecule has 0 heterocycles. The zero-order chi connectivity index (χ0) is 21.8. The fraction of sp³-hybridized carbons (Fsp3) is 0.154. The summed E-state index contributed by atoms with van der Waals surface area (Å²) in [5.41, 5.74) is 0. The third kappa shape index (κ3) is 3.79. The summed E-state index contributed by atoms with van der Waals surface area (Å²) in [5.74, 6) is 0. The van der Waals surface area contributed by atoms with Gasteiger partial charge >= 0.3 is 0 Å². The van der Waals surface area contributed by atoms with E-state index in [-0.39, 0.29) is 13.2 Å². The maximum Gasteiger partial charge on any atom is 0.143 e. The standard InChI is InChI=1S/C26H30O2Si2/c1-21(19-27)29(3,23-11-7-5-8-12-23)25-15-17-26(18-16-25)30(4,22(2)20-28)24-13-9-6-10-14-24/h5-18,27-28H,1-2,19-20H2,3-4H3. The molecular formula is C26H30O2Si2. The molecule has 0 bridgehead atoms. The molecule has 0 radical (unpaired) electrons. The largest absolute Gasteiger partial charge is 0.392 e. The van der Waals surface area contributed by atoms with Gasteiger partial charge < -0.3 is 10.2 Å². The lowest BCUT2D eigenvalue weighted by Crippen LogP contribution is -2.60. The SMILES string of the molecule is C=C(CO)[Si](C)(c1ccccc1)c1ccc([Si](C)(C(=C)CO)c2ccccc2)cc1. The predicted octanol–water partition coefficient (Wildman–Crippen LogP) is 2.25. The summed E-state index contributed by atoms with van der Waals surface area (Å²) in [6.45, 7) is 12.9. The number of hydrogen-bond acceptors (Lipinski definition) is 2. The molecule has 2 atom stereocenters. The minimum Gasteiger partial charge on any atom is -0.392 e. The van der Waals surface area contributed by atoms with Crippen LogP contribution in [-0.2, 0) is 0 Å². The Bertz CT molecular complexity index is 931. The average Bonchev–Trinajstić information content (AvgIpc) is 2.83. The second kappa shape index (κ2) is 9.10. The highest BCUT2D eigenvalue weighted by Gasteiger charge is 2.37. The molecule has 3 aromatic rings. The molecule has 0 aromatic heterocycles. The molecule has 0 aliphatic heterocycles. The molecule has 0 amide bonds. The van der Waals surface area contributed by atoms with Gasteiger partial charge in [0.2, 0.25) is 0 Å². The van der Waals surface area contributed by atoms with Crippen molar-refractivity contribution in [1.82, 2.24) is 0 Å². The minimum atomic E-state index is -2.30. The monoisotopic (exact) mass is 430 g/mol. The molecule has 0 aliphatic rings. The Kier molecular flexibility index (Phi) is 6.73. The molecule has 2 unspecified atom stereocenters. The van der Waals surface area contributed by atoms with E-state index in [1.165, 1.54) is 20.7 Å². The highest BCUT2D eigenvalue weighted by atomic mass is 28.3. The molecule has 0 fully saturated rings. The molecule has 4 heteroatoms. The lowest BCUT2D eigenvalue weighted by atomic mass is 10.3. The lowest BCUT2D eigenvalue weighted by Gasteiger charge is -2.33. The van der Waals surface area contributed by atoms with Crippen molar-refractivity contribution in [3.63, 3.8) is 0 Å². The summed E-state index contributed by atoms with van der Waals surface area (Å²) >= 11 is 0. The van der Waals surface area contributed by atoms with Crippen molar-refractivity contribution in [2.24, 2.45) is 0 Å². The van der Waals surface area contributed by atoms with Gasteiger partial charge in [-0.2, -0.15) is 0 Å². The second-order valence-electron chi connectivity index (χ2n) is 8.08. The Balaban J connectivity index is 2.12. The van der Waals surface area contributed by atoms with E-state index in [0.717, 1.165) is 10.4 Å². The summed E-state index contributed by atoms with van der Waals surface area (Å²) in [4.78, 5) is 0. The van der Waals surface area contributed by atoms with Crippen molar-refractivity contribution in [1.29, 1.82) is 0 Å². The molecule has 30 heavy (non-hydrogen) atoms. The van der Waals surface area contributed by atoms with E-state index < -0.39 is 16.1 Å². The zero-order valence-electron chi connectivity index (χ0n) is 17.8. The first kappa shape index (κ1) is 22.2. The Morgan fingerprint density at radius 3 is 1.10 bits per heavy atom. The Morgan fingerprint density at radius 1 is 0.567 bits per heavy atom. The van der Waals surface area contributed by atoms with Crippen LogP contribution in [0.25, 0.3) is 0 Å². The van der Waals surface area contributed by atoms with Gasteiger partial charge in [0.05, 0.1) is 13.2 Å². The molecule has 2 nitrogen and oxygen atoms in total. The molecule has 3 rings (SSSR count). The van der Waals surface area contributed by atoms with E-state index in [2.05, 4.69) is 74.8 Å². The first-order valence-corrected chi connectivity index (χ1v) is 15.2. The number of aliphatic hydroxyl groups is 2. The van der Waals surface area contributed by atoms with Crippen LogP contribution in [-0.4, -0.2) is 39.6 Å². The fourth-order valence-electron chi connectivity index (χ4n) is 4.15. The molecule has 2 N–H and O–H groups in total. The highest BCUT2D eigenvalue weighted by molar-refractivity contribution is 7.07. The van der Waals surface area contributed by atoms with Crippen LogP contribution >= 0.6 is 0 Å². The fourth-order valence-corrected chi connectivity index (χ4v) is 10.5.